The second-order valence-electron chi connectivity index (χ2n) is 11.8. The molecule has 0 spiro atoms. The van der Waals surface area contributed by atoms with Crippen LogP contribution in [0.3, 0.4) is 0 Å². The molecule has 2 aliphatic heterocycles. The Hall–Kier alpha value is -4.20. The Kier molecular flexibility index (Phi) is 6.10. The Morgan fingerprint density at radius 3 is 2.54 bits per heavy atom. The van der Waals surface area contributed by atoms with E-state index in [1.165, 1.54) is 17.2 Å². The molecule has 2 fully saturated rings. The molecule has 1 saturated heterocycles. The number of rotatable bonds is 5. The van der Waals surface area contributed by atoms with E-state index in [9.17, 15) is 9.59 Å². The van der Waals surface area contributed by atoms with Crippen LogP contribution in [0.1, 0.15) is 65.2 Å². The van der Waals surface area contributed by atoms with E-state index in [0.29, 0.717) is 48.9 Å². The first-order valence-corrected chi connectivity index (χ1v) is 14.5. The summed E-state index contributed by atoms with van der Waals surface area (Å²) in [5, 5.41) is 0. The molecule has 3 heterocycles. The molecule has 4 aromatic rings. The average Bonchev–Trinajstić information content (AvgIpc) is 3.60. The highest BCUT2D eigenvalue weighted by Gasteiger charge is 2.33. The van der Waals surface area contributed by atoms with Crippen LogP contribution in [0, 0.1) is 11.7 Å². The summed E-state index contributed by atoms with van der Waals surface area (Å²) in [7, 11) is 1.89. The summed E-state index contributed by atoms with van der Waals surface area (Å²) in [6, 6.07) is 17.5. The third-order valence-corrected chi connectivity index (χ3v) is 9.29. The number of carbonyl (C=O) groups excluding carboxylic acids is 2. The van der Waals surface area contributed by atoms with E-state index >= 15 is 4.39 Å². The second kappa shape index (κ2) is 9.72. The van der Waals surface area contributed by atoms with Crippen LogP contribution in [-0.4, -0.2) is 45.9 Å². The van der Waals surface area contributed by atoms with Crippen molar-refractivity contribution in [3.8, 4) is 11.4 Å². The van der Waals surface area contributed by atoms with Crippen LogP contribution in [0.25, 0.3) is 22.4 Å². The molecule has 210 valence electrons. The van der Waals surface area contributed by atoms with Crippen molar-refractivity contribution in [3.63, 3.8) is 0 Å². The van der Waals surface area contributed by atoms with Crippen molar-refractivity contribution in [3.05, 3.63) is 82.7 Å². The zero-order valence-corrected chi connectivity index (χ0v) is 23.4. The maximum absolute atomic E-state index is 15.6. The number of carbonyl (C=O) groups is 2. The molecule has 3 aliphatic rings. The highest BCUT2D eigenvalue weighted by atomic mass is 19.1. The van der Waals surface area contributed by atoms with Crippen LogP contribution in [0.4, 0.5) is 10.1 Å². The van der Waals surface area contributed by atoms with Gasteiger partial charge >= 0.3 is 0 Å². The van der Waals surface area contributed by atoms with Gasteiger partial charge in [0.05, 0.1) is 28.6 Å². The van der Waals surface area contributed by atoms with Crippen LogP contribution < -0.4 is 10.6 Å². The Labute approximate surface area is 238 Å². The monoisotopic (exact) mass is 551 g/mol. The van der Waals surface area contributed by atoms with E-state index in [2.05, 4.69) is 25.1 Å². The Bertz CT molecular complexity index is 1710. The van der Waals surface area contributed by atoms with Crippen LogP contribution >= 0.6 is 0 Å². The highest BCUT2D eigenvalue weighted by Crippen LogP contribution is 2.44. The third kappa shape index (κ3) is 4.36. The fourth-order valence-electron chi connectivity index (χ4n) is 6.71. The Morgan fingerprint density at radius 1 is 1.00 bits per heavy atom. The minimum atomic E-state index is -0.367. The maximum Gasteiger partial charge on any atom is 0.254 e. The number of anilines is 1. The van der Waals surface area contributed by atoms with E-state index < -0.39 is 0 Å². The molecule has 0 unspecified atom stereocenters. The number of aromatic nitrogens is 2. The van der Waals surface area contributed by atoms with Crippen LogP contribution in [0.5, 0.6) is 0 Å². The van der Waals surface area contributed by atoms with Crippen molar-refractivity contribution >= 4 is 28.5 Å². The first kappa shape index (κ1) is 25.7. The molecule has 2 atom stereocenters. The fourth-order valence-corrected chi connectivity index (χ4v) is 6.71. The number of fused-ring (bicyclic) bond motifs is 2. The molecular formula is C33H34FN5O2. The summed E-state index contributed by atoms with van der Waals surface area (Å²) >= 11 is 0. The smallest absolute Gasteiger partial charge is 0.254 e. The fraction of sp³-hybridized carbons (Fsp3) is 0.364. The summed E-state index contributed by atoms with van der Waals surface area (Å²) in [4.78, 5) is 34.4. The molecule has 3 aromatic carbocycles. The average molecular weight is 552 g/mol. The van der Waals surface area contributed by atoms with E-state index in [1.807, 2.05) is 45.7 Å². The van der Waals surface area contributed by atoms with Crippen molar-refractivity contribution in [1.82, 2.24) is 14.5 Å². The first-order valence-electron chi connectivity index (χ1n) is 14.5. The van der Waals surface area contributed by atoms with Gasteiger partial charge in [-0.25, -0.2) is 9.37 Å². The number of nitrogens with two attached hydrogens (primary N) is 1. The predicted octanol–water partition coefficient (Wildman–Crippen LogP) is 5.33. The van der Waals surface area contributed by atoms with Crippen molar-refractivity contribution in [1.29, 1.82) is 0 Å². The van der Waals surface area contributed by atoms with Crippen LogP contribution in [-0.2, 0) is 18.3 Å². The van der Waals surface area contributed by atoms with E-state index in [1.54, 1.807) is 6.07 Å². The Balaban J connectivity index is 1.24. The number of amides is 2. The van der Waals surface area contributed by atoms with Gasteiger partial charge in [-0.05, 0) is 85.5 Å². The number of benzene rings is 3. The Morgan fingerprint density at radius 2 is 1.80 bits per heavy atom. The van der Waals surface area contributed by atoms with Gasteiger partial charge in [0.25, 0.3) is 5.91 Å². The molecule has 8 heteroatoms. The predicted molar refractivity (Wildman–Crippen MR) is 157 cm³/mol. The molecule has 0 bridgehead atoms. The normalized spacial score (nSPS) is 20.5. The zero-order chi connectivity index (χ0) is 28.4. The molecule has 0 radical (unpaired) electrons. The quantitative estimate of drug-likeness (QED) is 0.364. The lowest BCUT2D eigenvalue weighted by molar-refractivity contribution is -0.121. The van der Waals surface area contributed by atoms with Crippen LogP contribution in [0.15, 0.2) is 54.6 Å². The van der Waals surface area contributed by atoms with Gasteiger partial charge in [0.15, 0.2) is 0 Å². The SMILES string of the molecule is C[C@@H]1c2ccccc2CCN1C(=O)c1cc(C2CC2)c2nc(-c3ccc(N4CC[C@H](C(N)=O)C4)cc3F)n(C)c2c1. The second-order valence-corrected chi connectivity index (χ2v) is 11.8. The van der Waals surface area contributed by atoms with E-state index in [0.717, 1.165) is 41.5 Å². The topological polar surface area (TPSA) is 84.5 Å². The molecule has 2 amide bonds. The number of hydrogen-bond donors (Lipinski definition) is 1. The summed E-state index contributed by atoms with van der Waals surface area (Å²) in [5.41, 5.74) is 12.5. The van der Waals surface area contributed by atoms with Gasteiger partial charge in [0.1, 0.15) is 11.6 Å². The minimum absolute atomic E-state index is 0.00362. The molecule has 41 heavy (non-hydrogen) atoms. The molecule has 1 aromatic heterocycles. The first-order chi connectivity index (χ1) is 19.8. The number of primary amides is 1. The van der Waals surface area contributed by atoms with Gasteiger partial charge in [-0.3, -0.25) is 9.59 Å². The molecular weight excluding hydrogens is 517 g/mol. The lowest BCUT2D eigenvalue weighted by Crippen LogP contribution is -2.38. The number of hydrogen-bond acceptors (Lipinski definition) is 4. The molecule has 1 aliphatic carbocycles. The third-order valence-electron chi connectivity index (χ3n) is 9.29. The maximum atomic E-state index is 15.6. The van der Waals surface area contributed by atoms with Gasteiger partial charge in [-0.2, -0.15) is 0 Å². The van der Waals surface area contributed by atoms with Gasteiger partial charge in [-0.15, -0.1) is 0 Å². The van der Waals surface area contributed by atoms with Gasteiger partial charge in [0.2, 0.25) is 5.91 Å². The molecule has 2 N–H and O–H groups in total. The van der Waals surface area contributed by atoms with Crippen molar-refractivity contribution in [2.75, 3.05) is 24.5 Å². The van der Waals surface area contributed by atoms with Gasteiger partial charge in [0, 0.05) is 37.9 Å². The lowest BCUT2D eigenvalue weighted by Gasteiger charge is -2.35. The highest BCUT2D eigenvalue weighted by molar-refractivity contribution is 5.99. The number of imidazole rings is 1. The van der Waals surface area contributed by atoms with Gasteiger partial charge in [-0.1, -0.05) is 24.3 Å². The van der Waals surface area contributed by atoms with Crippen molar-refractivity contribution in [2.45, 2.75) is 44.6 Å². The largest absolute Gasteiger partial charge is 0.371 e. The van der Waals surface area contributed by atoms with E-state index in [4.69, 9.17) is 10.7 Å². The molecule has 1 saturated carbocycles. The number of aryl methyl sites for hydroxylation is 1. The lowest BCUT2D eigenvalue weighted by atomic mass is 9.92. The molecule has 7 rings (SSSR count). The summed E-state index contributed by atoms with van der Waals surface area (Å²) in [5.74, 6) is 0.0361. The van der Waals surface area contributed by atoms with Crippen molar-refractivity contribution in [2.24, 2.45) is 18.7 Å². The van der Waals surface area contributed by atoms with Crippen LogP contribution in [0.2, 0.25) is 0 Å². The van der Waals surface area contributed by atoms with Crippen molar-refractivity contribution < 1.29 is 14.0 Å². The van der Waals surface area contributed by atoms with E-state index in [-0.39, 0.29) is 29.6 Å². The summed E-state index contributed by atoms with van der Waals surface area (Å²) < 4.78 is 17.5. The number of halogens is 1. The standard InChI is InChI=1S/C33H34FN5O2/c1-19-25-6-4-3-5-20(25)12-14-39(19)33(41)23-15-27(21-7-8-21)30-29(16-23)37(2)32(36-30)26-10-9-24(17-28(26)34)38-13-11-22(18-38)31(35)40/h3-6,9-10,15-17,19,21-22H,7-8,11-14,18H2,1-2H3,(H2,35,40)/t19-,22+/m1/s1. The number of nitrogens with zero attached hydrogens (tertiary/aromatic N) is 4. The minimum Gasteiger partial charge on any atom is -0.371 e. The summed E-state index contributed by atoms with van der Waals surface area (Å²) in [6.07, 6.45) is 3.65. The zero-order valence-electron chi connectivity index (χ0n) is 23.4. The van der Waals surface area contributed by atoms with Gasteiger partial charge < -0.3 is 20.1 Å². The molecule has 7 nitrogen and oxygen atoms in total. The summed E-state index contributed by atoms with van der Waals surface area (Å²) in [6.45, 7) is 3.95.